The van der Waals surface area contributed by atoms with Crippen molar-refractivity contribution in [2.45, 2.75) is 18.9 Å². The highest BCUT2D eigenvalue weighted by molar-refractivity contribution is 5.88. The minimum absolute atomic E-state index is 0.328. The second kappa shape index (κ2) is 5.89. The lowest BCUT2D eigenvalue weighted by molar-refractivity contribution is -0.125. The van der Waals surface area contributed by atoms with Crippen LogP contribution in [0.4, 0.5) is 0 Å². The Kier molecular flexibility index (Phi) is 3.58. The van der Waals surface area contributed by atoms with E-state index in [4.69, 9.17) is 4.74 Å². The van der Waals surface area contributed by atoms with Gasteiger partial charge in [0.15, 0.2) is 5.65 Å². The molecule has 0 aliphatic carbocycles. The van der Waals surface area contributed by atoms with Crippen LogP contribution in [0.25, 0.3) is 16.7 Å². The number of fused-ring (bicyclic) bond motifs is 1. The van der Waals surface area contributed by atoms with Crippen molar-refractivity contribution in [3.63, 3.8) is 0 Å². The summed E-state index contributed by atoms with van der Waals surface area (Å²) >= 11 is 0. The van der Waals surface area contributed by atoms with Gasteiger partial charge in [-0.15, -0.1) is 0 Å². The van der Waals surface area contributed by atoms with E-state index in [9.17, 15) is 9.59 Å². The maximum Gasteiger partial charge on any atom is 0.283 e. The van der Waals surface area contributed by atoms with Gasteiger partial charge in [0.05, 0.1) is 11.9 Å². The van der Waals surface area contributed by atoms with E-state index in [1.54, 1.807) is 4.68 Å². The number of rotatable bonds is 3. The molecule has 2 aromatic heterocycles. The number of hydrogen-bond acceptors (Lipinski definition) is 5. The normalized spacial score (nSPS) is 17.2. The average molecular weight is 325 g/mol. The molecule has 1 atom stereocenters. The third-order valence-corrected chi connectivity index (χ3v) is 3.94. The molecule has 3 heterocycles. The summed E-state index contributed by atoms with van der Waals surface area (Å²) in [5.41, 5.74) is 3.40. The summed E-state index contributed by atoms with van der Waals surface area (Å²) in [4.78, 5) is 28.9. The molecule has 1 aliphatic heterocycles. The molecule has 1 amide bonds. The lowest BCUT2D eigenvalue weighted by Gasteiger charge is -2.11. The van der Waals surface area contributed by atoms with Gasteiger partial charge < -0.3 is 4.74 Å². The van der Waals surface area contributed by atoms with Gasteiger partial charge in [0.2, 0.25) is 0 Å². The number of benzene rings is 1. The van der Waals surface area contributed by atoms with Gasteiger partial charge in [0.1, 0.15) is 17.8 Å². The van der Waals surface area contributed by atoms with E-state index in [1.807, 2.05) is 30.3 Å². The molecular weight excluding hydrogens is 310 g/mol. The second-order valence-corrected chi connectivity index (χ2v) is 5.53. The molecular formula is C16H15N5O3. The summed E-state index contributed by atoms with van der Waals surface area (Å²) < 4.78 is 7.97. The molecule has 1 fully saturated rings. The van der Waals surface area contributed by atoms with E-state index in [0.717, 1.165) is 16.8 Å². The number of aromatic nitrogens is 4. The quantitative estimate of drug-likeness (QED) is 0.770. The first-order chi connectivity index (χ1) is 11.7. The van der Waals surface area contributed by atoms with Crippen LogP contribution in [0, 0.1) is 0 Å². The Hall–Kier alpha value is -3.00. The van der Waals surface area contributed by atoms with Crippen molar-refractivity contribution >= 4 is 16.9 Å². The number of nitrogens with zero attached hydrogens (tertiary/aromatic N) is 4. The molecule has 0 bridgehead atoms. The van der Waals surface area contributed by atoms with Crippen molar-refractivity contribution in [3.05, 3.63) is 53.2 Å². The zero-order chi connectivity index (χ0) is 16.5. The van der Waals surface area contributed by atoms with Gasteiger partial charge in [-0.2, -0.15) is 5.10 Å². The van der Waals surface area contributed by atoms with Crippen LogP contribution >= 0.6 is 0 Å². The van der Waals surface area contributed by atoms with Crippen LogP contribution in [0.1, 0.15) is 12.8 Å². The highest BCUT2D eigenvalue weighted by atomic mass is 16.5. The molecule has 4 rings (SSSR count). The standard InChI is InChI=1S/C16H15N5O3/c22-15(13-7-4-8-24-13)19-20-10-17-14-12(16(20)23)9-18-21(14)11-5-2-1-3-6-11/h1-3,5-6,9-10,13H,4,7-8H2,(H,19,22)/t13-/m0/s1. The molecule has 1 aliphatic rings. The van der Waals surface area contributed by atoms with Crippen LogP contribution in [-0.2, 0) is 9.53 Å². The van der Waals surface area contributed by atoms with E-state index >= 15 is 0 Å². The van der Waals surface area contributed by atoms with Crippen LogP contribution in [0.5, 0.6) is 0 Å². The largest absolute Gasteiger partial charge is 0.368 e. The van der Waals surface area contributed by atoms with Crippen molar-refractivity contribution in [3.8, 4) is 5.69 Å². The Labute approximate surface area is 136 Å². The van der Waals surface area contributed by atoms with Gasteiger partial charge in [0, 0.05) is 6.61 Å². The molecule has 1 aromatic carbocycles. The Morgan fingerprint density at radius 3 is 2.88 bits per heavy atom. The number of para-hydroxylation sites is 1. The average Bonchev–Trinajstić information content (AvgIpc) is 3.28. The van der Waals surface area contributed by atoms with Crippen LogP contribution in [0.3, 0.4) is 0 Å². The molecule has 0 radical (unpaired) electrons. The molecule has 1 saturated heterocycles. The zero-order valence-electron chi connectivity index (χ0n) is 12.8. The third kappa shape index (κ3) is 2.46. The molecule has 24 heavy (non-hydrogen) atoms. The second-order valence-electron chi connectivity index (χ2n) is 5.53. The maximum absolute atomic E-state index is 12.5. The lowest BCUT2D eigenvalue weighted by Crippen LogP contribution is -2.38. The summed E-state index contributed by atoms with van der Waals surface area (Å²) in [5.74, 6) is -0.341. The van der Waals surface area contributed by atoms with Gasteiger partial charge in [-0.3, -0.25) is 15.0 Å². The minimum Gasteiger partial charge on any atom is -0.368 e. The number of ether oxygens (including phenoxy) is 1. The fourth-order valence-corrected chi connectivity index (χ4v) is 2.72. The van der Waals surface area contributed by atoms with Gasteiger partial charge in [-0.25, -0.2) is 14.3 Å². The fraction of sp³-hybridized carbons (Fsp3) is 0.250. The third-order valence-electron chi connectivity index (χ3n) is 3.94. The molecule has 0 spiro atoms. The molecule has 8 nitrogen and oxygen atoms in total. The molecule has 8 heteroatoms. The van der Waals surface area contributed by atoms with Crippen molar-refractivity contribution in [2.75, 3.05) is 12.0 Å². The number of carbonyl (C=O) groups excluding carboxylic acids is 1. The monoisotopic (exact) mass is 325 g/mol. The van der Waals surface area contributed by atoms with Gasteiger partial charge in [-0.1, -0.05) is 18.2 Å². The number of carbonyl (C=O) groups is 1. The number of nitrogens with one attached hydrogen (secondary N) is 1. The Morgan fingerprint density at radius 1 is 1.29 bits per heavy atom. The van der Waals surface area contributed by atoms with E-state index in [2.05, 4.69) is 15.5 Å². The van der Waals surface area contributed by atoms with Crippen LogP contribution in [0.2, 0.25) is 0 Å². The first kappa shape index (κ1) is 14.6. The summed E-state index contributed by atoms with van der Waals surface area (Å²) in [6.07, 6.45) is 3.72. The summed E-state index contributed by atoms with van der Waals surface area (Å²) in [5, 5.41) is 4.56. The SMILES string of the molecule is O=C(Nn1cnc2c(cnn2-c2ccccc2)c1=O)[C@@H]1CCCO1. The summed E-state index contributed by atoms with van der Waals surface area (Å²) in [7, 11) is 0. The zero-order valence-corrected chi connectivity index (χ0v) is 12.8. The van der Waals surface area contributed by atoms with Crippen molar-refractivity contribution in [1.82, 2.24) is 19.4 Å². The molecule has 0 unspecified atom stereocenters. The predicted octanol–water partition coefficient (Wildman–Crippen LogP) is 0.831. The van der Waals surface area contributed by atoms with Crippen molar-refractivity contribution in [2.24, 2.45) is 0 Å². The van der Waals surface area contributed by atoms with E-state index in [-0.39, 0.29) is 11.5 Å². The first-order valence-corrected chi connectivity index (χ1v) is 7.67. The fourth-order valence-electron chi connectivity index (χ4n) is 2.72. The Bertz CT molecular complexity index is 941. The molecule has 122 valence electrons. The van der Waals surface area contributed by atoms with Gasteiger partial charge in [0.25, 0.3) is 11.5 Å². The van der Waals surface area contributed by atoms with Gasteiger partial charge in [-0.05, 0) is 25.0 Å². The Balaban J connectivity index is 1.69. The maximum atomic E-state index is 12.5. The topological polar surface area (TPSA) is 91.0 Å². The number of hydrogen-bond donors (Lipinski definition) is 1. The first-order valence-electron chi connectivity index (χ1n) is 7.67. The van der Waals surface area contributed by atoms with Crippen LogP contribution in [0.15, 0.2) is 47.7 Å². The summed E-state index contributed by atoms with van der Waals surface area (Å²) in [6.45, 7) is 0.564. The smallest absolute Gasteiger partial charge is 0.283 e. The Morgan fingerprint density at radius 2 is 2.12 bits per heavy atom. The highest BCUT2D eigenvalue weighted by Crippen LogP contribution is 2.14. The molecule has 1 N–H and O–H groups in total. The van der Waals surface area contributed by atoms with E-state index < -0.39 is 6.10 Å². The molecule has 0 saturated carbocycles. The van der Waals surface area contributed by atoms with Gasteiger partial charge >= 0.3 is 0 Å². The highest BCUT2D eigenvalue weighted by Gasteiger charge is 2.24. The van der Waals surface area contributed by atoms with Crippen molar-refractivity contribution < 1.29 is 9.53 Å². The van der Waals surface area contributed by atoms with Crippen molar-refractivity contribution in [1.29, 1.82) is 0 Å². The lowest BCUT2D eigenvalue weighted by atomic mass is 10.2. The van der Waals surface area contributed by atoms with Crippen LogP contribution < -0.4 is 11.0 Å². The minimum atomic E-state index is -0.514. The van der Waals surface area contributed by atoms with Crippen LogP contribution in [-0.4, -0.2) is 38.1 Å². The van der Waals surface area contributed by atoms with E-state index in [0.29, 0.717) is 24.1 Å². The molecule has 3 aromatic rings. The number of amides is 1. The van der Waals surface area contributed by atoms with E-state index in [1.165, 1.54) is 12.5 Å². The predicted molar refractivity (Wildman–Crippen MR) is 86.5 cm³/mol. The summed E-state index contributed by atoms with van der Waals surface area (Å²) in [6, 6.07) is 9.41.